The number of imidazole rings is 1. The van der Waals surface area contributed by atoms with Crippen LogP contribution in [0.1, 0.15) is 18.9 Å². The van der Waals surface area contributed by atoms with Crippen molar-refractivity contribution in [3.05, 3.63) is 6.33 Å². The summed E-state index contributed by atoms with van der Waals surface area (Å²) in [5.74, 6) is 0.289. The Bertz CT molecular complexity index is 764. The van der Waals surface area contributed by atoms with Crippen molar-refractivity contribution in [3.63, 3.8) is 0 Å². The molecule has 0 aromatic carbocycles. The van der Waals surface area contributed by atoms with Crippen LogP contribution in [0.25, 0.3) is 11.2 Å². The van der Waals surface area contributed by atoms with Crippen molar-refractivity contribution in [1.29, 1.82) is 0 Å². The van der Waals surface area contributed by atoms with Gasteiger partial charge < -0.3 is 25.6 Å². The van der Waals surface area contributed by atoms with E-state index < -0.39 is 17.6 Å². The van der Waals surface area contributed by atoms with Gasteiger partial charge >= 0.3 is 0 Å². The molecule has 2 saturated carbocycles. The zero-order chi connectivity index (χ0) is 16.4. The molecule has 0 radical (unpaired) electrons. The lowest BCUT2D eigenvalue weighted by Crippen LogP contribution is -2.48. The molecule has 2 aliphatic rings. The van der Waals surface area contributed by atoms with Crippen molar-refractivity contribution in [2.75, 3.05) is 18.6 Å². The molecule has 0 unspecified atom stereocenters. The highest BCUT2D eigenvalue weighted by molar-refractivity contribution is 7.98. The van der Waals surface area contributed by atoms with Crippen LogP contribution in [-0.2, 0) is 0 Å². The fraction of sp³-hybridized carbons (Fsp3) is 0.643. The van der Waals surface area contributed by atoms with Crippen LogP contribution in [0, 0.1) is 11.3 Å². The van der Waals surface area contributed by atoms with Gasteiger partial charge in [0.05, 0.1) is 25.1 Å². The van der Waals surface area contributed by atoms with Crippen molar-refractivity contribution < 1.29 is 15.3 Å². The van der Waals surface area contributed by atoms with Crippen LogP contribution in [0.3, 0.4) is 0 Å². The Balaban J connectivity index is 1.85. The summed E-state index contributed by atoms with van der Waals surface area (Å²) in [5.41, 5.74) is 6.36. The minimum Gasteiger partial charge on any atom is -0.396 e. The van der Waals surface area contributed by atoms with Gasteiger partial charge in [-0.05, 0) is 25.0 Å². The van der Waals surface area contributed by atoms with Gasteiger partial charge in [0, 0.05) is 5.41 Å². The van der Waals surface area contributed by atoms with Crippen LogP contribution in [-0.4, -0.2) is 59.9 Å². The Morgan fingerprint density at radius 3 is 2.78 bits per heavy atom. The largest absolute Gasteiger partial charge is 0.396 e. The maximum Gasteiger partial charge on any atom is 0.191 e. The summed E-state index contributed by atoms with van der Waals surface area (Å²) in [6.07, 6.45) is 3.08. The Kier molecular flexibility index (Phi) is 3.31. The first-order valence-electron chi connectivity index (χ1n) is 7.54. The summed E-state index contributed by atoms with van der Waals surface area (Å²) in [6.45, 7) is -0.133. The van der Waals surface area contributed by atoms with Crippen LogP contribution in [0.2, 0.25) is 0 Å². The van der Waals surface area contributed by atoms with E-state index >= 15 is 0 Å². The van der Waals surface area contributed by atoms with Crippen molar-refractivity contribution in [2.24, 2.45) is 11.3 Å². The molecule has 8 nitrogen and oxygen atoms in total. The molecule has 2 aliphatic carbocycles. The zero-order valence-electron chi connectivity index (χ0n) is 12.6. The lowest BCUT2D eigenvalue weighted by Gasteiger charge is -2.46. The van der Waals surface area contributed by atoms with Gasteiger partial charge in [-0.1, -0.05) is 11.8 Å². The molecule has 2 aromatic rings. The SMILES string of the molecule is CSc1nc(N)c2ncn([C@H]3[C@H](O)[C@H](O)[C@]4(CO)CC[C@H]34)c2n1. The first-order valence-corrected chi connectivity index (χ1v) is 8.77. The minimum absolute atomic E-state index is 0.0104. The second-order valence-electron chi connectivity index (χ2n) is 6.38. The number of nitrogens with two attached hydrogens (primary N) is 1. The highest BCUT2D eigenvalue weighted by atomic mass is 32.2. The third-order valence-corrected chi connectivity index (χ3v) is 6.11. The summed E-state index contributed by atoms with van der Waals surface area (Å²) < 4.78 is 1.78. The number of nitrogens with zero attached hydrogens (tertiary/aromatic N) is 4. The topological polar surface area (TPSA) is 130 Å². The van der Waals surface area contributed by atoms with E-state index in [0.29, 0.717) is 28.6 Å². The fourth-order valence-electron chi connectivity index (χ4n) is 4.20. The van der Waals surface area contributed by atoms with Gasteiger partial charge in [0.1, 0.15) is 11.6 Å². The predicted octanol–water partition coefficient (Wildman–Crippen LogP) is -0.204. The number of anilines is 1. The van der Waals surface area contributed by atoms with Crippen molar-refractivity contribution >= 4 is 28.7 Å². The highest BCUT2D eigenvalue weighted by Gasteiger charge is 2.64. The van der Waals surface area contributed by atoms with Crippen LogP contribution >= 0.6 is 11.8 Å². The second-order valence-corrected chi connectivity index (χ2v) is 7.16. The van der Waals surface area contributed by atoms with Crippen LogP contribution in [0.15, 0.2) is 11.5 Å². The third kappa shape index (κ3) is 1.81. The normalized spacial score (nSPS) is 36.2. The maximum absolute atomic E-state index is 10.6. The number of thioether (sulfide) groups is 1. The molecule has 23 heavy (non-hydrogen) atoms. The summed E-state index contributed by atoms with van der Waals surface area (Å²) in [6, 6.07) is -0.375. The molecule has 2 aromatic heterocycles. The van der Waals surface area contributed by atoms with Gasteiger partial charge in [0.2, 0.25) is 0 Å². The number of hydrogen-bond acceptors (Lipinski definition) is 8. The molecular formula is C14H19N5O3S. The van der Waals surface area contributed by atoms with E-state index in [9.17, 15) is 15.3 Å². The van der Waals surface area contributed by atoms with Crippen molar-refractivity contribution in [2.45, 2.75) is 36.2 Å². The van der Waals surface area contributed by atoms with Gasteiger partial charge in [-0.3, -0.25) is 0 Å². The number of aliphatic hydroxyl groups is 3. The molecular weight excluding hydrogens is 318 g/mol. The van der Waals surface area contributed by atoms with Gasteiger partial charge in [0.25, 0.3) is 0 Å². The zero-order valence-corrected chi connectivity index (χ0v) is 13.4. The molecule has 0 amide bonds. The molecule has 2 fully saturated rings. The van der Waals surface area contributed by atoms with E-state index in [1.807, 2.05) is 6.26 Å². The van der Waals surface area contributed by atoms with E-state index in [1.165, 1.54) is 11.8 Å². The summed E-state index contributed by atoms with van der Waals surface area (Å²) >= 11 is 1.38. The van der Waals surface area contributed by atoms with E-state index in [2.05, 4.69) is 15.0 Å². The molecule has 0 bridgehead atoms. The van der Waals surface area contributed by atoms with Crippen LogP contribution in [0.4, 0.5) is 5.82 Å². The molecule has 0 spiro atoms. The van der Waals surface area contributed by atoms with Gasteiger partial charge in [0.15, 0.2) is 16.6 Å². The first kappa shape index (κ1) is 15.1. The minimum atomic E-state index is -0.971. The molecule has 0 aliphatic heterocycles. The first-order chi connectivity index (χ1) is 11.0. The second kappa shape index (κ2) is 5.04. The Morgan fingerprint density at radius 2 is 2.22 bits per heavy atom. The molecule has 5 N–H and O–H groups in total. The van der Waals surface area contributed by atoms with E-state index in [4.69, 9.17) is 5.73 Å². The Hall–Kier alpha value is -1.42. The molecule has 5 atom stereocenters. The Labute approximate surface area is 136 Å². The number of aromatic nitrogens is 4. The summed E-state index contributed by atoms with van der Waals surface area (Å²) in [4.78, 5) is 12.9. The number of hydrogen-bond donors (Lipinski definition) is 4. The van der Waals surface area contributed by atoms with E-state index in [0.717, 1.165) is 6.42 Å². The number of nitrogen functional groups attached to an aromatic ring is 1. The lowest BCUT2D eigenvalue weighted by molar-refractivity contribution is -0.0989. The molecule has 124 valence electrons. The number of fused-ring (bicyclic) bond motifs is 2. The molecule has 2 heterocycles. The monoisotopic (exact) mass is 337 g/mol. The Morgan fingerprint density at radius 1 is 1.43 bits per heavy atom. The quantitative estimate of drug-likeness (QED) is 0.447. The number of aliphatic hydroxyl groups excluding tert-OH is 3. The average molecular weight is 337 g/mol. The standard InChI is InChI=1S/C14H19N5O3S/c1-23-13-17-11(15)7-12(18-13)19(5-16-7)8-6-2-3-14(6,4-20)10(22)9(8)21/h5-6,8-10,20-22H,2-4H2,1H3,(H2,15,17,18)/t6-,8-,9+,10+,14+/m1/s1. The molecule has 4 rings (SSSR count). The number of rotatable bonds is 3. The van der Waals surface area contributed by atoms with Gasteiger partial charge in [-0.15, -0.1) is 0 Å². The van der Waals surface area contributed by atoms with Gasteiger partial charge in [-0.25, -0.2) is 15.0 Å². The fourth-order valence-corrected chi connectivity index (χ4v) is 4.57. The average Bonchev–Trinajstić information content (AvgIpc) is 3.00. The van der Waals surface area contributed by atoms with Gasteiger partial charge in [-0.2, -0.15) is 0 Å². The molecule has 0 saturated heterocycles. The third-order valence-electron chi connectivity index (χ3n) is 5.56. The predicted molar refractivity (Wildman–Crippen MR) is 84.8 cm³/mol. The van der Waals surface area contributed by atoms with E-state index in [-0.39, 0.29) is 18.6 Å². The maximum atomic E-state index is 10.6. The smallest absolute Gasteiger partial charge is 0.191 e. The van der Waals surface area contributed by atoms with E-state index in [1.54, 1.807) is 10.9 Å². The lowest BCUT2D eigenvalue weighted by atomic mass is 9.60. The molecule has 9 heteroatoms. The summed E-state index contributed by atoms with van der Waals surface area (Å²) in [7, 11) is 0. The van der Waals surface area contributed by atoms with Crippen LogP contribution < -0.4 is 5.73 Å². The van der Waals surface area contributed by atoms with Crippen LogP contribution in [0.5, 0.6) is 0 Å². The van der Waals surface area contributed by atoms with Crippen molar-refractivity contribution in [1.82, 2.24) is 19.5 Å². The van der Waals surface area contributed by atoms with Crippen molar-refractivity contribution in [3.8, 4) is 0 Å². The highest BCUT2D eigenvalue weighted by Crippen LogP contribution is 2.61. The summed E-state index contributed by atoms with van der Waals surface area (Å²) in [5, 5.41) is 31.3.